The number of ether oxygens (including phenoxy) is 2. The molecule has 36 heavy (non-hydrogen) atoms. The van der Waals surface area contributed by atoms with E-state index in [1.165, 1.54) is 0 Å². The van der Waals surface area contributed by atoms with Crippen molar-refractivity contribution in [1.82, 2.24) is 9.91 Å². The lowest BCUT2D eigenvalue weighted by atomic mass is 9.98. The third-order valence-corrected chi connectivity index (χ3v) is 6.30. The minimum atomic E-state index is -1.02. The van der Waals surface area contributed by atoms with Crippen LogP contribution in [0.1, 0.15) is 32.3 Å². The lowest BCUT2D eigenvalue weighted by Crippen LogP contribution is -2.56. The SMILES string of the molecule is CCCC1=NN(C)C2C(=O)N(CCOc3ccc(C[C@H](Oc4ccccc4)C(=O)O)cc3)C(C)=NC12. The van der Waals surface area contributed by atoms with Crippen LogP contribution >= 0.6 is 0 Å². The number of aliphatic imine (C=N–C) groups is 1. The molecule has 2 unspecified atom stereocenters. The van der Waals surface area contributed by atoms with Gasteiger partial charge in [0.25, 0.3) is 5.91 Å². The lowest BCUT2D eigenvalue weighted by Gasteiger charge is -2.34. The van der Waals surface area contributed by atoms with E-state index in [1.54, 1.807) is 46.3 Å². The van der Waals surface area contributed by atoms with Crippen LogP contribution in [-0.4, -0.2) is 76.8 Å². The number of aliphatic carboxylic acids is 1. The fourth-order valence-electron chi connectivity index (χ4n) is 4.50. The number of amides is 1. The van der Waals surface area contributed by atoms with Gasteiger partial charge < -0.3 is 14.6 Å². The van der Waals surface area contributed by atoms with Crippen molar-refractivity contribution in [2.45, 2.75) is 51.3 Å². The van der Waals surface area contributed by atoms with Crippen LogP contribution in [0, 0.1) is 0 Å². The average Bonchev–Trinajstić information content (AvgIpc) is 3.17. The maximum atomic E-state index is 13.2. The van der Waals surface area contributed by atoms with Gasteiger partial charge in [0.15, 0.2) is 12.1 Å². The van der Waals surface area contributed by atoms with Gasteiger partial charge in [0, 0.05) is 13.5 Å². The Bertz CT molecular complexity index is 1130. The number of para-hydroxylation sites is 1. The first kappa shape index (κ1) is 25.2. The van der Waals surface area contributed by atoms with Gasteiger partial charge in [-0.3, -0.25) is 19.7 Å². The molecule has 0 saturated heterocycles. The molecule has 2 aromatic rings. The van der Waals surface area contributed by atoms with Crippen LogP contribution in [0.5, 0.6) is 11.5 Å². The van der Waals surface area contributed by atoms with E-state index in [4.69, 9.17) is 14.5 Å². The largest absolute Gasteiger partial charge is 0.492 e. The Kier molecular flexibility index (Phi) is 7.87. The molecule has 0 saturated carbocycles. The highest BCUT2D eigenvalue weighted by atomic mass is 16.5. The molecule has 1 N–H and O–H groups in total. The molecule has 0 aromatic heterocycles. The van der Waals surface area contributed by atoms with Gasteiger partial charge in [0.2, 0.25) is 0 Å². The fraction of sp³-hybridized carbons (Fsp3) is 0.407. The highest BCUT2D eigenvalue weighted by Crippen LogP contribution is 2.26. The van der Waals surface area contributed by atoms with Crippen molar-refractivity contribution in [3.8, 4) is 11.5 Å². The number of hydrogen-bond donors (Lipinski definition) is 1. The van der Waals surface area contributed by atoms with E-state index in [2.05, 4.69) is 12.0 Å². The summed E-state index contributed by atoms with van der Waals surface area (Å²) in [6.45, 7) is 4.62. The molecule has 9 heteroatoms. The van der Waals surface area contributed by atoms with Gasteiger partial charge in [-0.15, -0.1) is 0 Å². The molecule has 0 aliphatic carbocycles. The summed E-state index contributed by atoms with van der Waals surface area (Å²) in [7, 11) is 1.82. The molecule has 2 aliphatic heterocycles. The van der Waals surface area contributed by atoms with E-state index < -0.39 is 18.1 Å². The molecule has 2 aromatic carbocycles. The van der Waals surface area contributed by atoms with Crippen molar-refractivity contribution in [3.05, 3.63) is 60.2 Å². The molecular weight excluding hydrogens is 460 g/mol. The van der Waals surface area contributed by atoms with Gasteiger partial charge in [0.1, 0.15) is 30.0 Å². The zero-order valence-electron chi connectivity index (χ0n) is 20.8. The first-order valence-electron chi connectivity index (χ1n) is 12.2. The molecule has 0 fully saturated rings. The maximum absolute atomic E-state index is 13.2. The summed E-state index contributed by atoms with van der Waals surface area (Å²) in [5.41, 5.74) is 1.78. The molecular formula is C27H32N4O5. The Hall–Kier alpha value is -3.88. The molecule has 190 valence electrons. The number of carbonyl (C=O) groups excluding carboxylic acids is 1. The molecule has 9 nitrogen and oxygen atoms in total. The number of benzene rings is 2. The van der Waals surface area contributed by atoms with Crippen LogP contribution < -0.4 is 9.47 Å². The number of likely N-dealkylation sites (N-methyl/N-ethyl adjacent to an activating group) is 1. The first-order valence-corrected chi connectivity index (χ1v) is 12.2. The topological polar surface area (TPSA) is 104 Å². The summed E-state index contributed by atoms with van der Waals surface area (Å²) in [5.74, 6) is 0.793. The van der Waals surface area contributed by atoms with Crippen molar-refractivity contribution in [1.29, 1.82) is 0 Å². The Balaban J connectivity index is 1.31. The molecule has 2 aliphatic rings. The van der Waals surface area contributed by atoms with Gasteiger partial charge in [-0.1, -0.05) is 43.7 Å². The van der Waals surface area contributed by atoms with Crippen molar-refractivity contribution in [2.24, 2.45) is 10.1 Å². The van der Waals surface area contributed by atoms with Gasteiger partial charge >= 0.3 is 5.97 Å². The van der Waals surface area contributed by atoms with E-state index in [9.17, 15) is 14.7 Å². The van der Waals surface area contributed by atoms with Crippen molar-refractivity contribution in [3.63, 3.8) is 0 Å². The van der Waals surface area contributed by atoms with Crippen LogP contribution in [0.25, 0.3) is 0 Å². The molecule has 0 radical (unpaired) electrons. The van der Waals surface area contributed by atoms with Gasteiger partial charge in [0.05, 0.1) is 12.3 Å². The molecule has 0 spiro atoms. The maximum Gasteiger partial charge on any atom is 0.345 e. The number of fused-ring (bicyclic) bond motifs is 1. The standard InChI is InChI=1S/C27H32N4O5/c1-4-8-22-24-25(30(3)29-22)26(32)31(18(2)28-24)15-16-35-20-13-11-19(12-14-20)17-23(27(33)34)36-21-9-6-5-7-10-21/h5-7,9-14,23-25H,4,8,15-17H2,1-3H3,(H,33,34)/t23-,24?,25?/m0/s1. The van der Waals surface area contributed by atoms with Crippen molar-refractivity contribution < 1.29 is 24.2 Å². The zero-order valence-corrected chi connectivity index (χ0v) is 20.8. The van der Waals surface area contributed by atoms with E-state index in [0.717, 1.165) is 24.1 Å². The van der Waals surface area contributed by atoms with E-state index >= 15 is 0 Å². The number of carbonyl (C=O) groups is 2. The Labute approximate surface area is 211 Å². The second kappa shape index (κ2) is 11.2. The number of hydrazone groups is 1. The van der Waals surface area contributed by atoms with E-state index in [1.807, 2.05) is 32.2 Å². The minimum Gasteiger partial charge on any atom is -0.492 e. The smallest absolute Gasteiger partial charge is 0.345 e. The number of carboxylic acids is 1. The van der Waals surface area contributed by atoms with E-state index in [-0.39, 0.29) is 18.4 Å². The van der Waals surface area contributed by atoms with Crippen molar-refractivity contribution >= 4 is 23.4 Å². The summed E-state index contributed by atoms with van der Waals surface area (Å²) in [5, 5.41) is 15.8. The predicted octanol–water partition coefficient (Wildman–Crippen LogP) is 3.24. The monoisotopic (exact) mass is 492 g/mol. The van der Waals surface area contributed by atoms with Gasteiger partial charge in [-0.05, 0) is 43.2 Å². The number of nitrogens with zero attached hydrogens (tertiary/aromatic N) is 4. The third kappa shape index (κ3) is 5.67. The summed E-state index contributed by atoms with van der Waals surface area (Å²) in [4.78, 5) is 31.3. The molecule has 2 heterocycles. The van der Waals surface area contributed by atoms with Crippen LogP contribution in [0.2, 0.25) is 0 Å². The quantitative estimate of drug-likeness (QED) is 0.517. The van der Waals surface area contributed by atoms with Gasteiger partial charge in [-0.2, -0.15) is 5.10 Å². The Morgan fingerprint density at radius 2 is 1.83 bits per heavy atom. The molecule has 1 amide bonds. The molecule has 3 atom stereocenters. The summed E-state index contributed by atoms with van der Waals surface area (Å²) >= 11 is 0. The fourth-order valence-corrected chi connectivity index (χ4v) is 4.50. The van der Waals surface area contributed by atoms with E-state index in [0.29, 0.717) is 30.5 Å². The second-order valence-electron chi connectivity index (χ2n) is 8.93. The Morgan fingerprint density at radius 3 is 2.50 bits per heavy atom. The predicted molar refractivity (Wildman–Crippen MR) is 137 cm³/mol. The number of carboxylic acid groups (broad SMARTS) is 1. The normalized spacial score (nSPS) is 19.9. The summed E-state index contributed by atoms with van der Waals surface area (Å²) < 4.78 is 11.5. The first-order chi connectivity index (χ1) is 17.4. The number of rotatable bonds is 11. The molecule has 0 bridgehead atoms. The Morgan fingerprint density at radius 1 is 1.11 bits per heavy atom. The minimum absolute atomic E-state index is 0.0121. The lowest BCUT2D eigenvalue weighted by molar-refractivity contribution is -0.145. The number of hydrogen-bond acceptors (Lipinski definition) is 7. The second-order valence-corrected chi connectivity index (χ2v) is 8.93. The zero-order chi connectivity index (χ0) is 25.7. The average molecular weight is 493 g/mol. The van der Waals surface area contributed by atoms with Crippen LogP contribution in [0.3, 0.4) is 0 Å². The van der Waals surface area contributed by atoms with Crippen LogP contribution in [-0.2, 0) is 16.0 Å². The molecule has 4 rings (SSSR count). The highest BCUT2D eigenvalue weighted by molar-refractivity contribution is 6.08. The third-order valence-electron chi connectivity index (χ3n) is 6.30. The van der Waals surface area contributed by atoms with Crippen molar-refractivity contribution in [2.75, 3.05) is 20.2 Å². The highest BCUT2D eigenvalue weighted by Gasteiger charge is 2.45. The van der Waals surface area contributed by atoms with Crippen LogP contribution in [0.15, 0.2) is 64.7 Å². The summed E-state index contributed by atoms with van der Waals surface area (Å²) in [6.07, 6.45) is 1.03. The summed E-state index contributed by atoms with van der Waals surface area (Å²) in [6, 6.07) is 15.5. The van der Waals surface area contributed by atoms with Crippen LogP contribution in [0.4, 0.5) is 0 Å². The van der Waals surface area contributed by atoms with Gasteiger partial charge in [-0.25, -0.2) is 4.79 Å². The number of amidine groups is 1.